The molecule has 4 nitrogen and oxygen atoms in total. The van der Waals surface area contributed by atoms with E-state index in [4.69, 9.17) is 5.11 Å². The molecule has 0 saturated heterocycles. The Labute approximate surface area is 113 Å². The second kappa shape index (κ2) is 4.76. The Morgan fingerprint density at radius 2 is 2.00 bits per heavy atom. The summed E-state index contributed by atoms with van der Waals surface area (Å²) in [7, 11) is -3.89. The summed E-state index contributed by atoms with van der Waals surface area (Å²) >= 11 is 0. The van der Waals surface area contributed by atoms with E-state index in [-0.39, 0.29) is 29.7 Å². The van der Waals surface area contributed by atoms with Gasteiger partial charge in [0, 0.05) is 6.42 Å². The third-order valence-electron chi connectivity index (χ3n) is 3.30. The molecular weight excluding hydrogens is 297 g/mol. The summed E-state index contributed by atoms with van der Waals surface area (Å²) in [5, 5.41) is 7.47. The quantitative estimate of drug-likeness (QED) is 0.930. The molecule has 1 N–H and O–H groups in total. The number of hydrogen-bond acceptors (Lipinski definition) is 3. The van der Waals surface area contributed by atoms with E-state index in [1.807, 2.05) is 0 Å². The van der Waals surface area contributed by atoms with Crippen molar-refractivity contribution in [2.24, 2.45) is 0 Å². The molecule has 20 heavy (non-hydrogen) atoms. The lowest BCUT2D eigenvalue weighted by atomic mass is 10.0. The molecule has 1 atom stereocenters. The maximum Gasteiger partial charge on any atom is 0.416 e. The van der Waals surface area contributed by atoms with Gasteiger partial charge in [0.1, 0.15) is 0 Å². The zero-order valence-corrected chi connectivity index (χ0v) is 11.0. The Hall–Kier alpha value is -1.57. The van der Waals surface area contributed by atoms with Gasteiger partial charge in [-0.05, 0) is 30.5 Å². The van der Waals surface area contributed by atoms with Gasteiger partial charge in [-0.1, -0.05) is 6.07 Å². The zero-order chi connectivity index (χ0) is 15.1. The van der Waals surface area contributed by atoms with Crippen molar-refractivity contribution in [1.82, 2.24) is 0 Å². The topological polar surface area (TPSA) is 71.4 Å². The molecule has 0 radical (unpaired) electrons. The van der Waals surface area contributed by atoms with E-state index in [1.54, 1.807) is 0 Å². The Kier molecular flexibility index (Phi) is 3.53. The number of rotatable bonds is 3. The molecule has 1 aliphatic rings. The van der Waals surface area contributed by atoms with Crippen molar-refractivity contribution in [3.05, 3.63) is 29.3 Å². The van der Waals surface area contributed by atoms with Crippen LogP contribution in [0.4, 0.5) is 13.2 Å². The molecule has 0 spiro atoms. The Balaban J connectivity index is 2.44. The van der Waals surface area contributed by atoms with E-state index in [0.29, 0.717) is 0 Å². The van der Waals surface area contributed by atoms with Crippen LogP contribution in [0.2, 0.25) is 0 Å². The number of carboxylic acids is 1. The highest BCUT2D eigenvalue weighted by atomic mass is 32.2. The van der Waals surface area contributed by atoms with Crippen molar-refractivity contribution in [3.63, 3.8) is 0 Å². The normalized spacial score (nSPS) is 20.6. The van der Waals surface area contributed by atoms with Crippen LogP contribution in [0.5, 0.6) is 0 Å². The number of carboxylic acid groups (broad SMARTS) is 1. The van der Waals surface area contributed by atoms with Crippen molar-refractivity contribution in [3.8, 4) is 0 Å². The van der Waals surface area contributed by atoms with Crippen LogP contribution in [0.25, 0.3) is 0 Å². The molecular formula is C12H11F3O4S. The van der Waals surface area contributed by atoms with E-state index >= 15 is 0 Å². The molecule has 1 heterocycles. The van der Waals surface area contributed by atoms with Gasteiger partial charge < -0.3 is 5.11 Å². The highest BCUT2D eigenvalue weighted by Gasteiger charge is 2.43. The van der Waals surface area contributed by atoms with Crippen molar-refractivity contribution in [2.45, 2.75) is 35.6 Å². The number of benzene rings is 1. The lowest BCUT2D eigenvalue weighted by Gasteiger charge is -2.10. The largest absolute Gasteiger partial charge is 0.481 e. The van der Waals surface area contributed by atoms with Crippen LogP contribution in [0.15, 0.2) is 23.1 Å². The number of hydrogen-bond donors (Lipinski definition) is 1. The summed E-state index contributed by atoms with van der Waals surface area (Å²) in [6, 6.07) is 3.04. The molecule has 0 bridgehead atoms. The number of carbonyl (C=O) groups is 1. The van der Waals surface area contributed by atoms with Gasteiger partial charge in [0.2, 0.25) is 0 Å². The summed E-state index contributed by atoms with van der Waals surface area (Å²) in [5.41, 5.74) is -1.22. The van der Waals surface area contributed by atoms with Gasteiger partial charge in [0.25, 0.3) is 0 Å². The van der Waals surface area contributed by atoms with Gasteiger partial charge in [-0.25, -0.2) is 8.42 Å². The Morgan fingerprint density at radius 1 is 1.35 bits per heavy atom. The molecule has 0 amide bonds. The van der Waals surface area contributed by atoms with Gasteiger partial charge in [0.05, 0.1) is 15.7 Å². The van der Waals surface area contributed by atoms with Crippen LogP contribution in [0, 0.1) is 0 Å². The van der Waals surface area contributed by atoms with Crippen molar-refractivity contribution in [1.29, 1.82) is 0 Å². The second-order valence-corrected chi connectivity index (χ2v) is 6.78. The standard InChI is InChI=1S/C12H11F3O4S/c13-12(14,15)9-2-1-3-10-8(9)6-7(20(10,18)19)4-5-11(16)17/h1-3,7H,4-6H2,(H,16,17). The molecule has 0 aliphatic carbocycles. The first-order chi connectivity index (χ1) is 9.14. The van der Waals surface area contributed by atoms with Gasteiger partial charge >= 0.3 is 12.1 Å². The van der Waals surface area contributed by atoms with E-state index in [2.05, 4.69) is 0 Å². The van der Waals surface area contributed by atoms with Gasteiger partial charge in [-0.3, -0.25) is 4.79 Å². The average Bonchev–Trinajstić information content (AvgIpc) is 2.57. The summed E-state index contributed by atoms with van der Waals surface area (Å²) in [6.45, 7) is 0. The van der Waals surface area contributed by atoms with E-state index in [0.717, 1.165) is 18.2 Å². The molecule has 110 valence electrons. The van der Waals surface area contributed by atoms with Gasteiger partial charge in [-0.2, -0.15) is 13.2 Å². The lowest BCUT2D eigenvalue weighted by molar-refractivity contribution is -0.139. The Morgan fingerprint density at radius 3 is 2.55 bits per heavy atom. The van der Waals surface area contributed by atoms with Crippen molar-refractivity contribution in [2.75, 3.05) is 0 Å². The first kappa shape index (κ1) is 14.8. The minimum atomic E-state index is -4.62. The smallest absolute Gasteiger partial charge is 0.416 e. The summed E-state index contributed by atoms with van der Waals surface area (Å²) in [4.78, 5) is 10.2. The molecule has 2 rings (SSSR count). The molecule has 1 aromatic carbocycles. The highest BCUT2D eigenvalue weighted by molar-refractivity contribution is 7.92. The van der Waals surface area contributed by atoms with Crippen LogP contribution in [-0.4, -0.2) is 24.7 Å². The monoisotopic (exact) mass is 308 g/mol. The molecule has 1 aromatic rings. The van der Waals surface area contributed by atoms with Crippen LogP contribution in [-0.2, 0) is 27.2 Å². The summed E-state index contributed by atoms with van der Waals surface area (Å²) < 4.78 is 62.8. The fraction of sp³-hybridized carbons (Fsp3) is 0.417. The summed E-state index contributed by atoms with van der Waals surface area (Å²) in [6.07, 6.45) is -5.49. The molecule has 8 heteroatoms. The van der Waals surface area contributed by atoms with E-state index in [1.165, 1.54) is 0 Å². The number of halogens is 3. The lowest BCUT2D eigenvalue weighted by Crippen LogP contribution is -2.18. The predicted octanol–water partition coefficient (Wildman–Crippen LogP) is 2.27. The SMILES string of the molecule is O=C(O)CCC1Cc2c(C(F)(F)F)cccc2S1(=O)=O. The second-order valence-electron chi connectivity index (χ2n) is 4.58. The third kappa shape index (κ3) is 2.52. The molecule has 1 unspecified atom stereocenters. The first-order valence-corrected chi connectivity index (χ1v) is 7.33. The fourth-order valence-electron chi connectivity index (χ4n) is 2.37. The molecule has 0 aromatic heterocycles. The predicted molar refractivity (Wildman–Crippen MR) is 63.0 cm³/mol. The van der Waals surface area contributed by atoms with Crippen LogP contribution in [0.3, 0.4) is 0 Å². The number of alkyl halides is 3. The molecule has 1 aliphatic heterocycles. The number of sulfone groups is 1. The zero-order valence-electron chi connectivity index (χ0n) is 10.1. The minimum absolute atomic E-state index is 0.191. The average molecular weight is 308 g/mol. The minimum Gasteiger partial charge on any atom is -0.481 e. The molecule has 0 saturated carbocycles. The Bertz CT molecular complexity index is 649. The van der Waals surface area contributed by atoms with E-state index in [9.17, 15) is 26.4 Å². The van der Waals surface area contributed by atoms with Crippen LogP contribution in [0.1, 0.15) is 24.0 Å². The van der Waals surface area contributed by atoms with Gasteiger partial charge in [-0.15, -0.1) is 0 Å². The highest BCUT2D eigenvalue weighted by Crippen LogP contribution is 2.41. The van der Waals surface area contributed by atoms with Crippen LogP contribution >= 0.6 is 0 Å². The van der Waals surface area contributed by atoms with Crippen molar-refractivity contribution >= 4 is 15.8 Å². The fourth-order valence-corrected chi connectivity index (χ4v) is 4.35. The van der Waals surface area contributed by atoms with Crippen LogP contribution < -0.4 is 0 Å². The first-order valence-electron chi connectivity index (χ1n) is 5.79. The molecule has 0 fully saturated rings. The summed E-state index contributed by atoms with van der Waals surface area (Å²) in [5.74, 6) is -1.17. The maximum atomic E-state index is 12.8. The third-order valence-corrected chi connectivity index (χ3v) is 5.57. The van der Waals surface area contributed by atoms with Crippen molar-refractivity contribution < 1.29 is 31.5 Å². The van der Waals surface area contributed by atoms with E-state index < -0.39 is 32.8 Å². The maximum absolute atomic E-state index is 12.8. The van der Waals surface area contributed by atoms with Gasteiger partial charge in [0.15, 0.2) is 9.84 Å². The number of fused-ring (bicyclic) bond motifs is 1. The number of aliphatic carboxylic acids is 1.